The molecule has 70 heavy (non-hydrogen) atoms. The number of rotatable bonds is 8. The van der Waals surface area contributed by atoms with E-state index in [1.54, 1.807) is 35.0 Å². The first kappa shape index (κ1) is 53.7. The van der Waals surface area contributed by atoms with E-state index in [0.29, 0.717) is 38.0 Å². The van der Waals surface area contributed by atoms with Crippen molar-refractivity contribution in [2.75, 3.05) is 20.7 Å². The maximum Gasteiger partial charge on any atom is 0.249 e. The summed E-state index contributed by atoms with van der Waals surface area (Å²) in [6, 6.07) is 16.4. The Labute approximate surface area is 414 Å². The standard InChI is InChI=1S/C14H17NO3.C14H15NO2.C8H6.C7H10BNO3.C7H4.C6H7NO/c1-18-11-4-2-9(3-5-11)8-15-10-6-12(14(15)17)13(16)7-10;1-17-13-6-2-10(3-7-13)9-15-12-5-4-11(8-12)14(15)16;1-3-5-7-8-6-4-2;8-3-12-9-5-1-4(7(9)11)2-6(5)10;1-3-5-7-6-4-2;8-6-4-1-2-5(3-4)7-6/h2-5,10,12-13,16H,6-8H2,1H3;2-7,11-12H,8-9H2,1H3;1-2H3;4-6,10H,1-3H2;1H,2H3;1-2,4-5H,3H2,(H,7,8)/t10-,12+,13+;11-,12+;;4-,5+,6+;;4-,5+/m00.1.0/s1. The molecule has 4 amide bonds. The number of hydrogen-bond donors (Lipinski definition) is 3. The third kappa shape index (κ3) is 14.4. The molecule has 4 saturated heterocycles. The molecule has 4 aliphatic carbocycles. The Balaban J connectivity index is 0.000000163. The van der Waals surface area contributed by atoms with Gasteiger partial charge in [-0.1, -0.05) is 66.3 Å². The second-order valence-electron chi connectivity index (χ2n) is 17.1. The van der Waals surface area contributed by atoms with Gasteiger partial charge in [-0.2, -0.15) is 0 Å². The first-order valence-electron chi connectivity index (χ1n) is 23.2. The second kappa shape index (κ2) is 27.0. The molecule has 2 aromatic rings. The summed E-state index contributed by atoms with van der Waals surface area (Å²) in [5.41, 5.74) is 2.26. The molecule has 6 fully saturated rings. The van der Waals surface area contributed by atoms with Crippen LogP contribution in [0.2, 0.25) is 0 Å². The number of carbonyl (C=O) groups excluding carboxylic acids is 4. The van der Waals surface area contributed by atoms with Gasteiger partial charge in [-0.3, -0.25) is 24.0 Å². The average molecular weight is 943 g/mol. The van der Waals surface area contributed by atoms with Crippen LogP contribution in [-0.2, 0) is 37.1 Å². The number of hydroxylamine groups is 2. The normalized spacial score (nSPS) is 26.2. The van der Waals surface area contributed by atoms with Crippen molar-refractivity contribution < 1.29 is 43.7 Å². The first-order chi connectivity index (χ1) is 33.9. The lowest BCUT2D eigenvalue weighted by Gasteiger charge is -2.29. The van der Waals surface area contributed by atoms with Gasteiger partial charge in [0, 0.05) is 37.6 Å². The molecule has 10 rings (SSSR count). The van der Waals surface area contributed by atoms with Crippen LogP contribution < -0.4 is 14.8 Å². The minimum absolute atomic E-state index is 0.0122. The first-order valence-corrected chi connectivity index (χ1v) is 23.2. The zero-order chi connectivity index (χ0) is 50.6. The number of aliphatic hydroxyl groups is 2. The van der Waals surface area contributed by atoms with E-state index in [4.69, 9.17) is 28.6 Å². The van der Waals surface area contributed by atoms with E-state index in [9.17, 15) is 29.4 Å². The van der Waals surface area contributed by atoms with E-state index in [1.807, 2.05) is 70.5 Å². The molecule has 8 aliphatic rings. The van der Waals surface area contributed by atoms with Gasteiger partial charge < -0.3 is 34.8 Å². The molecular weight excluding hydrogens is 883 g/mol. The largest absolute Gasteiger partial charge is 0.497 e. The molecule has 8 bridgehead atoms. The van der Waals surface area contributed by atoms with Gasteiger partial charge in [-0.05, 0) is 142 Å². The predicted molar refractivity (Wildman–Crippen MR) is 266 cm³/mol. The maximum absolute atomic E-state index is 12.0. The number of fused-ring (bicyclic) bond motifs is 8. The van der Waals surface area contributed by atoms with E-state index in [1.165, 1.54) is 5.06 Å². The van der Waals surface area contributed by atoms with Crippen LogP contribution in [0.1, 0.15) is 70.4 Å². The van der Waals surface area contributed by atoms with Gasteiger partial charge in [0.1, 0.15) is 19.3 Å². The quantitative estimate of drug-likeness (QED) is 0.203. The molecule has 4 heterocycles. The summed E-state index contributed by atoms with van der Waals surface area (Å²) < 4.78 is 10.2. The van der Waals surface area contributed by atoms with Crippen molar-refractivity contribution in [1.82, 2.24) is 20.2 Å². The SMILES string of the molecule is C#CC#CC#CC.CC#CC#CC#CC.COc1ccc(CN2C(=O)[C@@H]3C[C@H]2C[C@H]3O)cc1.COc1ccc(CN2C(=O)[C@H]3C=C[C@@H]2C3)cc1.O=C1N[C@@H]2C=C[C@H]1C2.[B]CON1C(=O)[C@H]2C[C@H](O)[C@@H]1C2. The topological polar surface area (TPSA) is 158 Å². The van der Waals surface area contributed by atoms with Gasteiger partial charge in [0.25, 0.3) is 0 Å². The molecular formula is C56H59BN4O9. The van der Waals surface area contributed by atoms with E-state index in [0.717, 1.165) is 48.3 Å². The fourth-order valence-corrected chi connectivity index (χ4v) is 9.27. The highest BCUT2D eigenvalue weighted by atomic mass is 16.7. The van der Waals surface area contributed by atoms with Crippen molar-refractivity contribution in [3.63, 3.8) is 0 Å². The van der Waals surface area contributed by atoms with Crippen molar-refractivity contribution in [2.45, 2.75) is 109 Å². The van der Waals surface area contributed by atoms with Crippen LogP contribution in [-0.4, -0.2) is 114 Å². The Morgan fingerprint density at radius 1 is 0.643 bits per heavy atom. The molecule has 2 saturated carbocycles. The van der Waals surface area contributed by atoms with Crippen LogP contribution in [0.25, 0.3) is 0 Å². The third-order valence-corrected chi connectivity index (χ3v) is 12.7. The molecule has 0 aromatic heterocycles. The summed E-state index contributed by atoms with van der Waals surface area (Å²) >= 11 is 0. The van der Waals surface area contributed by atoms with Crippen molar-refractivity contribution in [1.29, 1.82) is 0 Å². The van der Waals surface area contributed by atoms with Crippen LogP contribution in [0, 0.1) is 95.2 Å². The maximum atomic E-state index is 12.0. The Morgan fingerprint density at radius 3 is 1.63 bits per heavy atom. The minimum atomic E-state index is -0.431. The smallest absolute Gasteiger partial charge is 0.249 e. The molecule has 2 aromatic carbocycles. The number of amides is 4. The average Bonchev–Trinajstić information content (AvgIpc) is 4.28. The lowest BCUT2D eigenvalue weighted by molar-refractivity contribution is -0.198. The number of likely N-dealkylation sites (tertiary alicyclic amines) is 2. The van der Waals surface area contributed by atoms with Crippen molar-refractivity contribution in [3.05, 3.63) is 84.0 Å². The number of aliphatic hydroxyl groups excluding tert-OH is 2. The fourth-order valence-electron chi connectivity index (χ4n) is 9.27. The third-order valence-electron chi connectivity index (χ3n) is 12.7. The summed E-state index contributed by atoms with van der Waals surface area (Å²) in [5, 5.41) is 23.2. The van der Waals surface area contributed by atoms with Crippen LogP contribution in [0.15, 0.2) is 72.8 Å². The Bertz CT molecular complexity index is 2580. The number of piperidine rings is 2. The predicted octanol–water partition coefficient (Wildman–Crippen LogP) is 3.93. The second-order valence-corrected chi connectivity index (χ2v) is 17.1. The lowest BCUT2D eigenvalue weighted by Crippen LogP contribution is -2.44. The number of nitrogens with zero attached hydrogens (tertiary/aromatic N) is 3. The van der Waals surface area contributed by atoms with E-state index in [-0.39, 0.29) is 65.9 Å². The Kier molecular flexibility index (Phi) is 20.7. The molecule has 13 nitrogen and oxygen atoms in total. The van der Waals surface area contributed by atoms with Crippen molar-refractivity contribution in [2.24, 2.45) is 23.7 Å². The van der Waals surface area contributed by atoms with Crippen LogP contribution in [0.5, 0.6) is 11.5 Å². The lowest BCUT2D eigenvalue weighted by atomic mass is 10.0. The number of carbonyl (C=O) groups is 4. The Morgan fingerprint density at radius 2 is 1.21 bits per heavy atom. The number of methoxy groups -OCH3 is 2. The molecule has 14 heteroatoms. The summed E-state index contributed by atoms with van der Waals surface area (Å²) in [6.07, 6.45) is 17.0. The van der Waals surface area contributed by atoms with Crippen LogP contribution >= 0.6 is 0 Å². The van der Waals surface area contributed by atoms with E-state index < -0.39 is 12.2 Å². The molecule has 360 valence electrons. The molecule has 0 unspecified atom stereocenters. The molecule has 10 atom stereocenters. The molecule has 0 spiro atoms. The summed E-state index contributed by atoms with van der Waals surface area (Å²) in [6.45, 7) is 6.53. The number of nitrogens with one attached hydrogen (secondary N) is 1. The zero-order valence-corrected chi connectivity index (χ0v) is 40.3. The van der Waals surface area contributed by atoms with E-state index >= 15 is 0 Å². The number of terminal acetylenes is 1. The number of hydrogen-bond acceptors (Lipinski definition) is 9. The number of benzene rings is 2. The highest BCUT2D eigenvalue weighted by Crippen LogP contribution is 2.40. The highest BCUT2D eigenvalue weighted by molar-refractivity contribution is 6.08. The summed E-state index contributed by atoms with van der Waals surface area (Å²) in [5.74, 6) is 29.9. The van der Waals surface area contributed by atoms with Crippen LogP contribution in [0.4, 0.5) is 0 Å². The highest BCUT2D eigenvalue weighted by Gasteiger charge is 2.51. The molecule has 4 aliphatic heterocycles. The summed E-state index contributed by atoms with van der Waals surface area (Å²) in [7, 11) is 8.44. The van der Waals surface area contributed by atoms with Crippen LogP contribution in [0.3, 0.4) is 0 Å². The minimum Gasteiger partial charge on any atom is -0.497 e. The van der Waals surface area contributed by atoms with Gasteiger partial charge in [0.05, 0.1) is 56.3 Å². The summed E-state index contributed by atoms with van der Waals surface area (Å²) in [4.78, 5) is 54.8. The zero-order valence-electron chi connectivity index (χ0n) is 40.3. The van der Waals surface area contributed by atoms with Gasteiger partial charge in [-0.15, -0.1) is 6.42 Å². The Hall–Kier alpha value is -7.30. The molecule has 3 N–H and O–H groups in total. The van der Waals surface area contributed by atoms with E-state index in [2.05, 4.69) is 82.6 Å². The van der Waals surface area contributed by atoms with Gasteiger partial charge in [0.2, 0.25) is 23.6 Å². The fraction of sp³-hybridized carbons (Fsp3) is 0.429. The van der Waals surface area contributed by atoms with Crippen molar-refractivity contribution >= 4 is 31.5 Å². The van der Waals surface area contributed by atoms with Gasteiger partial charge in [0.15, 0.2) is 0 Å². The monoisotopic (exact) mass is 942 g/mol. The number of ether oxygens (including phenoxy) is 2. The van der Waals surface area contributed by atoms with Gasteiger partial charge >= 0.3 is 0 Å². The molecule has 2 radical (unpaired) electrons. The van der Waals surface area contributed by atoms with Gasteiger partial charge in [-0.25, -0.2) is 5.06 Å². The van der Waals surface area contributed by atoms with Crippen molar-refractivity contribution in [3.8, 4) is 83.0 Å².